The largest absolute Gasteiger partial charge is 0.368 e. The highest BCUT2D eigenvalue weighted by Crippen LogP contribution is 2.17. The fourth-order valence-corrected chi connectivity index (χ4v) is 3.44. The van der Waals surface area contributed by atoms with Gasteiger partial charge in [0.05, 0.1) is 11.9 Å². The summed E-state index contributed by atoms with van der Waals surface area (Å²) in [6.45, 7) is 4.80. The van der Waals surface area contributed by atoms with Gasteiger partial charge in [-0.15, -0.1) is 0 Å². The highest BCUT2D eigenvalue weighted by molar-refractivity contribution is 6.02. The maximum atomic E-state index is 13.0. The molecule has 4 rings (SSSR count). The molecule has 1 aliphatic rings. The Morgan fingerprint density at radius 2 is 1.66 bits per heavy atom. The molecule has 3 aromatic rings. The van der Waals surface area contributed by atoms with Crippen LogP contribution >= 0.6 is 0 Å². The molecule has 29 heavy (non-hydrogen) atoms. The van der Waals surface area contributed by atoms with E-state index >= 15 is 0 Å². The van der Waals surface area contributed by atoms with Crippen LogP contribution in [-0.4, -0.2) is 42.0 Å². The molecule has 2 aromatic carbocycles. The van der Waals surface area contributed by atoms with E-state index in [1.807, 2.05) is 12.1 Å². The molecule has 0 aliphatic carbocycles. The Hall–Kier alpha value is -3.25. The molecule has 6 heteroatoms. The number of aromatic nitrogens is 1. The van der Waals surface area contributed by atoms with Crippen LogP contribution in [0.4, 0.5) is 15.8 Å². The van der Waals surface area contributed by atoms with Gasteiger partial charge in [0.1, 0.15) is 11.5 Å². The number of rotatable bonds is 5. The van der Waals surface area contributed by atoms with Gasteiger partial charge in [0.2, 0.25) is 0 Å². The van der Waals surface area contributed by atoms with Crippen LogP contribution in [0.3, 0.4) is 0 Å². The fourth-order valence-electron chi connectivity index (χ4n) is 3.44. The number of benzene rings is 2. The molecule has 2 heterocycles. The number of hydrogen-bond donors (Lipinski definition) is 1. The molecule has 0 atom stereocenters. The molecular weight excluding hydrogens is 367 g/mol. The van der Waals surface area contributed by atoms with Crippen molar-refractivity contribution >= 4 is 17.3 Å². The Labute approximate surface area is 169 Å². The molecule has 0 radical (unpaired) electrons. The maximum absolute atomic E-state index is 13.0. The van der Waals surface area contributed by atoms with Gasteiger partial charge in [-0.2, -0.15) is 0 Å². The second kappa shape index (κ2) is 8.84. The molecule has 148 valence electrons. The van der Waals surface area contributed by atoms with Crippen molar-refractivity contribution in [3.05, 3.63) is 90.0 Å². The van der Waals surface area contributed by atoms with Crippen molar-refractivity contribution in [1.82, 2.24) is 9.88 Å². The van der Waals surface area contributed by atoms with Gasteiger partial charge in [0, 0.05) is 38.4 Å². The van der Waals surface area contributed by atoms with E-state index < -0.39 is 0 Å². The first-order valence-electron chi connectivity index (χ1n) is 9.71. The summed E-state index contributed by atoms with van der Waals surface area (Å²) in [5.41, 5.74) is 3.22. The minimum atomic E-state index is -0.339. The van der Waals surface area contributed by atoms with Crippen LogP contribution in [0, 0.1) is 5.82 Å². The van der Waals surface area contributed by atoms with Crippen LogP contribution in [0.25, 0.3) is 0 Å². The van der Waals surface area contributed by atoms with Crippen LogP contribution in [0.15, 0.2) is 72.9 Å². The van der Waals surface area contributed by atoms with E-state index in [0.29, 0.717) is 11.4 Å². The van der Waals surface area contributed by atoms with Gasteiger partial charge in [0.15, 0.2) is 0 Å². The van der Waals surface area contributed by atoms with Gasteiger partial charge in [-0.05, 0) is 42.0 Å². The van der Waals surface area contributed by atoms with E-state index in [-0.39, 0.29) is 11.7 Å². The van der Waals surface area contributed by atoms with E-state index in [0.717, 1.165) is 38.4 Å². The number of nitrogens with one attached hydrogen (secondary N) is 1. The molecule has 5 nitrogen and oxygen atoms in total. The Morgan fingerprint density at radius 1 is 0.931 bits per heavy atom. The first-order chi connectivity index (χ1) is 14.2. The highest BCUT2D eigenvalue weighted by atomic mass is 19.1. The van der Waals surface area contributed by atoms with Crippen LogP contribution in [0.2, 0.25) is 0 Å². The predicted molar refractivity (Wildman–Crippen MR) is 113 cm³/mol. The number of hydrogen-bond acceptors (Lipinski definition) is 4. The molecule has 1 amide bonds. The van der Waals surface area contributed by atoms with Crippen molar-refractivity contribution in [2.45, 2.75) is 6.54 Å². The molecule has 1 N–H and O–H groups in total. The van der Waals surface area contributed by atoms with E-state index in [4.69, 9.17) is 0 Å². The summed E-state index contributed by atoms with van der Waals surface area (Å²) in [7, 11) is 0. The predicted octanol–water partition coefficient (Wildman–Crippen LogP) is 3.80. The summed E-state index contributed by atoms with van der Waals surface area (Å²) >= 11 is 0. The van der Waals surface area contributed by atoms with Crippen LogP contribution < -0.4 is 10.2 Å². The lowest BCUT2D eigenvalue weighted by Crippen LogP contribution is -2.46. The maximum Gasteiger partial charge on any atom is 0.274 e. The average molecular weight is 390 g/mol. The van der Waals surface area contributed by atoms with Gasteiger partial charge in [-0.25, -0.2) is 9.37 Å². The molecular formula is C23H23FN4O. The molecule has 1 saturated heterocycles. The van der Waals surface area contributed by atoms with Crippen molar-refractivity contribution in [2.75, 3.05) is 36.4 Å². The number of anilines is 2. The third-order valence-corrected chi connectivity index (χ3v) is 5.07. The molecule has 0 spiro atoms. The summed E-state index contributed by atoms with van der Waals surface area (Å²) in [5.74, 6) is -0.648. The van der Waals surface area contributed by atoms with E-state index in [9.17, 15) is 9.18 Å². The average Bonchev–Trinajstić information content (AvgIpc) is 2.77. The quantitative estimate of drug-likeness (QED) is 0.720. The number of piperazine rings is 1. The SMILES string of the molecule is O=C(Nc1ccc(F)cc1)c1ccc(N2CCN(Cc3ccccc3)CC2)cn1. The molecule has 0 saturated carbocycles. The normalized spacial score (nSPS) is 14.6. The summed E-state index contributed by atoms with van der Waals surface area (Å²) in [4.78, 5) is 21.4. The Morgan fingerprint density at radius 3 is 2.31 bits per heavy atom. The van der Waals surface area contributed by atoms with Gasteiger partial charge in [-0.3, -0.25) is 9.69 Å². The lowest BCUT2D eigenvalue weighted by molar-refractivity contribution is 0.102. The minimum Gasteiger partial charge on any atom is -0.368 e. The fraction of sp³-hybridized carbons (Fsp3) is 0.217. The lowest BCUT2D eigenvalue weighted by atomic mass is 10.2. The highest BCUT2D eigenvalue weighted by Gasteiger charge is 2.18. The van der Waals surface area contributed by atoms with Gasteiger partial charge in [0.25, 0.3) is 5.91 Å². The number of pyridine rings is 1. The summed E-state index contributed by atoms with van der Waals surface area (Å²) < 4.78 is 13.0. The van der Waals surface area contributed by atoms with Gasteiger partial charge >= 0.3 is 0 Å². The lowest BCUT2D eigenvalue weighted by Gasteiger charge is -2.36. The monoisotopic (exact) mass is 390 g/mol. The zero-order valence-corrected chi connectivity index (χ0v) is 16.1. The zero-order chi connectivity index (χ0) is 20.1. The van der Waals surface area contributed by atoms with Crippen molar-refractivity contribution in [1.29, 1.82) is 0 Å². The van der Waals surface area contributed by atoms with Crippen LogP contribution in [-0.2, 0) is 6.54 Å². The second-order valence-corrected chi connectivity index (χ2v) is 7.11. The number of halogens is 1. The zero-order valence-electron chi connectivity index (χ0n) is 16.1. The third kappa shape index (κ3) is 4.97. The Bertz CT molecular complexity index is 937. The number of amides is 1. The molecule has 0 bridgehead atoms. The molecule has 1 fully saturated rings. The summed E-state index contributed by atoms with van der Waals surface area (Å²) in [6.07, 6.45) is 1.74. The van der Waals surface area contributed by atoms with Crippen molar-refractivity contribution in [3.63, 3.8) is 0 Å². The first-order valence-corrected chi connectivity index (χ1v) is 9.71. The van der Waals surface area contributed by atoms with E-state index in [1.54, 1.807) is 12.3 Å². The van der Waals surface area contributed by atoms with Crippen molar-refractivity contribution in [2.24, 2.45) is 0 Å². The molecule has 1 aliphatic heterocycles. The standard InChI is InChI=1S/C23H23FN4O/c24-19-6-8-20(9-7-19)26-23(29)22-11-10-21(16-25-22)28-14-12-27(13-15-28)17-18-4-2-1-3-5-18/h1-11,16H,12-15,17H2,(H,26,29). The number of carbonyl (C=O) groups is 1. The minimum absolute atomic E-state index is 0.309. The topological polar surface area (TPSA) is 48.5 Å². The van der Waals surface area contributed by atoms with E-state index in [2.05, 4.69) is 44.4 Å². The Balaban J connectivity index is 1.31. The number of carbonyl (C=O) groups excluding carboxylic acids is 1. The Kier molecular flexibility index (Phi) is 5.81. The molecule has 0 unspecified atom stereocenters. The van der Waals surface area contributed by atoms with Crippen molar-refractivity contribution < 1.29 is 9.18 Å². The molecule has 1 aromatic heterocycles. The van der Waals surface area contributed by atoms with Gasteiger partial charge < -0.3 is 10.2 Å². The van der Waals surface area contributed by atoms with Gasteiger partial charge in [-0.1, -0.05) is 30.3 Å². The van der Waals surface area contributed by atoms with Crippen molar-refractivity contribution in [3.8, 4) is 0 Å². The number of nitrogens with zero attached hydrogens (tertiary/aromatic N) is 3. The summed E-state index contributed by atoms with van der Waals surface area (Å²) in [5, 5.41) is 2.73. The third-order valence-electron chi connectivity index (χ3n) is 5.07. The first kappa shape index (κ1) is 19.1. The second-order valence-electron chi connectivity index (χ2n) is 7.11. The smallest absolute Gasteiger partial charge is 0.274 e. The van der Waals surface area contributed by atoms with E-state index in [1.165, 1.54) is 29.8 Å². The van der Waals surface area contributed by atoms with Crippen LogP contribution in [0.1, 0.15) is 16.1 Å². The summed E-state index contributed by atoms with van der Waals surface area (Å²) in [6, 6.07) is 19.8. The van der Waals surface area contributed by atoms with Crippen LogP contribution in [0.5, 0.6) is 0 Å².